The highest BCUT2D eigenvalue weighted by Crippen LogP contribution is 2.42. The molecule has 0 fully saturated rings. The van der Waals surface area contributed by atoms with Crippen LogP contribution < -0.4 is 0 Å². The molecule has 1 aliphatic rings. The minimum absolute atomic E-state index is 0.0453. The molecule has 1 heteroatoms. The number of rotatable bonds is 0. The fourth-order valence-electron chi connectivity index (χ4n) is 2.39. The second-order valence-corrected chi connectivity index (χ2v) is 5.14. The van der Waals surface area contributed by atoms with E-state index in [1.807, 2.05) is 12.1 Å². The van der Waals surface area contributed by atoms with Gasteiger partial charge in [-0.05, 0) is 16.5 Å². The van der Waals surface area contributed by atoms with Crippen LogP contribution in [-0.4, -0.2) is 5.78 Å². The second-order valence-electron chi connectivity index (χ2n) is 5.14. The molecule has 0 radical (unpaired) electrons. The molecule has 0 N–H and O–H groups in total. The quantitative estimate of drug-likeness (QED) is 0.611. The summed E-state index contributed by atoms with van der Waals surface area (Å²) in [6.45, 7) is 6.41. The first kappa shape index (κ1) is 9.45. The Bertz CT molecular complexity index is 371. The van der Waals surface area contributed by atoms with Crippen LogP contribution in [0.2, 0.25) is 0 Å². The summed E-state index contributed by atoms with van der Waals surface area (Å²) in [5.41, 5.74) is 2.51. The molecule has 0 heterocycles. The van der Waals surface area contributed by atoms with Crippen LogP contribution in [0, 0.1) is 5.41 Å². The van der Waals surface area contributed by atoms with Crippen LogP contribution >= 0.6 is 0 Å². The van der Waals surface area contributed by atoms with Gasteiger partial charge in [-0.3, -0.25) is 4.79 Å². The maximum Gasteiger partial charge on any atom is 0.145 e. The Balaban J connectivity index is 2.50. The van der Waals surface area contributed by atoms with Crippen molar-refractivity contribution in [1.29, 1.82) is 0 Å². The molecule has 14 heavy (non-hydrogen) atoms. The fourth-order valence-corrected chi connectivity index (χ4v) is 2.39. The van der Waals surface area contributed by atoms with Gasteiger partial charge in [-0.2, -0.15) is 0 Å². The van der Waals surface area contributed by atoms with Crippen molar-refractivity contribution < 1.29 is 4.79 Å². The Morgan fingerprint density at radius 1 is 1.21 bits per heavy atom. The van der Waals surface area contributed by atoms with Crippen LogP contribution in [0.25, 0.3) is 0 Å². The Kier molecular flexibility index (Phi) is 1.99. The summed E-state index contributed by atoms with van der Waals surface area (Å²) in [6, 6.07) is 8.20. The minimum Gasteiger partial charge on any atom is -0.299 e. The van der Waals surface area contributed by atoms with Gasteiger partial charge in [-0.1, -0.05) is 45.0 Å². The fraction of sp³-hybridized carbons (Fsp3) is 0.462. The van der Waals surface area contributed by atoms with Gasteiger partial charge in [0.2, 0.25) is 0 Å². The van der Waals surface area contributed by atoms with Crippen molar-refractivity contribution in [3.05, 3.63) is 35.4 Å². The average molecular weight is 188 g/mol. The van der Waals surface area contributed by atoms with Gasteiger partial charge in [-0.15, -0.1) is 0 Å². The molecule has 1 aromatic rings. The zero-order valence-corrected chi connectivity index (χ0v) is 9.00. The van der Waals surface area contributed by atoms with Crippen LogP contribution in [0.1, 0.15) is 37.8 Å². The molecule has 0 saturated carbocycles. The van der Waals surface area contributed by atoms with Crippen LogP contribution in [0.3, 0.4) is 0 Å². The molecule has 0 bridgehead atoms. The van der Waals surface area contributed by atoms with Crippen molar-refractivity contribution in [3.8, 4) is 0 Å². The Hall–Kier alpha value is -1.11. The first-order valence-electron chi connectivity index (χ1n) is 5.10. The molecule has 74 valence electrons. The molecular formula is C13H16O. The van der Waals surface area contributed by atoms with Gasteiger partial charge in [0.05, 0.1) is 0 Å². The highest BCUT2D eigenvalue weighted by atomic mass is 16.1. The van der Waals surface area contributed by atoms with Gasteiger partial charge < -0.3 is 0 Å². The number of hydrogen-bond donors (Lipinski definition) is 0. The van der Waals surface area contributed by atoms with E-state index in [1.54, 1.807) is 0 Å². The van der Waals surface area contributed by atoms with Crippen molar-refractivity contribution >= 4 is 5.78 Å². The molecule has 0 aliphatic heterocycles. The molecule has 0 saturated heterocycles. The van der Waals surface area contributed by atoms with Crippen molar-refractivity contribution in [3.63, 3.8) is 0 Å². The smallest absolute Gasteiger partial charge is 0.145 e. The van der Waals surface area contributed by atoms with Crippen LogP contribution in [0.5, 0.6) is 0 Å². The van der Waals surface area contributed by atoms with E-state index in [2.05, 4.69) is 32.9 Å². The Morgan fingerprint density at radius 2 is 1.86 bits per heavy atom. The Labute approximate surface area is 85.1 Å². The van der Waals surface area contributed by atoms with Crippen LogP contribution in [0.15, 0.2) is 24.3 Å². The maximum absolute atomic E-state index is 11.9. The number of carbonyl (C=O) groups is 1. The van der Waals surface area contributed by atoms with E-state index in [-0.39, 0.29) is 11.3 Å². The summed E-state index contributed by atoms with van der Waals surface area (Å²) in [7, 11) is 0. The lowest BCUT2D eigenvalue weighted by Crippen LogP contribution is -2.22. The monoisotopic (exact) mass is 188 g/mol. The molecule has 2 rings (SSSR count). The summed E-state index contributed by atoms with van der Waals surface area (Å²) in [6.07, 6.45) is 0.623. The van der Waals surface area contributed by atoms with Crippen molar-refractivity contribution in [2.24, 2.45) is 5.41 Å². The first-order valence-corrected chi connectivity index (χ1v) is 5.10. The number of hydrogen-bond acceptors (Lipinski definition) is 1. The van der Waals surface area contributed by atoms with Gasteiger partial charge in [0.15, 0.2) is 0 Å². The molecular weight excluding hydrogens is 172 g/mol. The number of fused-ring (bicyclic) bond motifs is 1. The predicted molar refractivity (Wildman–Crippen MR) is 57.3 cm³/mol. The summed E-state index contributed by atoms with van der Waals surface area (Å²) >= 11 is 0. The summed E-state index contributed by atoms with van der Waals surface area (Å²) in [5, 5.41) is 0. The zero-order chi connectivity index (χ0) is 10.3. The predicted octanol–water partition coefficient (Wildman–Crippen LogP) is 2.94. The lowest BCUT2D eigenvalue weighted by atomic mass is 9.77. The molecule has 1 atom stereocenters. The van der Waals surface area contributed by atoms with E-state index in [0.29, 0.717) is 12.2 Å². The second kappa shape index (κ2) is 2.94. The number of ketones is 1. The molecule has 1 aromatic carbocycles. The number of benzene rings is 1. The van der Waals surface area contributed by atoms with Crippen LogP contribution in [-0.2, 0) is 11.2 Å². The third-order valence-corrected chi connectivity index (χ3v) is 2.92. The molecule has 0 spiro atoms. The Morgan fingerprint density at radius 3 is 2.50 bits per heavy atom. The third-order valence-electron chi connectivity index (χ3n) is 2.92. The van der Waals surface area contributed by atoms with E-state index in [9.17, 15) is 4.79 Å². The topological polar surface area (TPSA) is 17.1 Å². The van der Waals surface area contributed by atoms with Crippen molar-refractivity contribution in [1.82, 2.24) is 0 Å². The van der Waals surface area contributed by atoms with E-state index in [0.717, 1.165) is 0 Å². The van der Waals surface area contributed by atoms with Crippen molar-refractivity contribution in [2.45, 2.75) is 33.1 Å². The highest BCUT2D eigenvalue weighted by molar-refractivity contribution is 5.93. The van der Waals surface area contributed by atoms with E-state index in [4.69, 9.17) is 0 Å². The van der Waals surface area contributed by atoms with E-state index >= 15 is 0 Å². The SMILES string of the molecule is CC(C)(C)C1C(=O)Cc2ccccc21. The summed E-state index contributed by atoms with van der Waals surface area (Å²) in [5.74, 6) is 0.470. The van der Waals surface area contributed by atoms with E-state index < -0.39 is 0 Å². The van der Waals surface area contributed by atoms with Gasteiger partial charge in [-0.25, -0.2) is 0 Å². The molecule has 1 nitrogen and oxygen atoms in total. The first-order chi connectivity index (χ1) is 6.50. The van der Waals surface area contributed by atoms with Crippen LogP contribution in [0.4, 0.5) is 0 Å². The number of carbonyl (C=O) groups excluding carboxylic acids is 1. The van der Waals surface area contributed by atoms with Crippen molar-refractivity contribution in [2.75, 3.05) is 0 Å². The van der Waals surface area contributed by atoms with E-state index in [1.165, 1.54) is 11.1 Å². The lowest BCUT2D eigenvalue weighted by Gasteiger charge is -2.26. The molecule has 1 unspecified atom stereocenters. The lowest BCUT2D eigenvalue weighted by molar-refractivity contribution is -0.121. The minimum atomic E-state index is 0.0453. The molecule has 0 amide bonds. The summed E-state index contributed by atoms with van der Waals surface area (Å²) < 4.78 is 0. The zero-order valence-electron chi connectivity index (χ0n) is 9.00. The van der Waals surface area contributed by atoms with Gasteiger partial charge in [0.25, 0.3) is 0 Å². The van der Waals surface area contributed by atoms with Gasteiger partial charge >= 0.3 is 0 Å². The van der Waals surface area contributed by atoms with Gasteiger partial charge in [0, 0.05) is 12.3 Å². The standard InChI is InChI=1S/C13H16O/c1-13(2,3)12-10-7-5-4-6-9(10)8-11(12)14/h4-7,12H,8H2,1-3H3. The highest BCUT2D eigenvalue weighted by Gasteiger charge is 2.38. The third kappa shape index (κ3) is 1.37. The summed E-state index contributed by atoms with van der Waals surface area (Å²) in [4.78, 5) is 11.9. The average Bonchev–Trinajstić information content (AvgIpc) is 2.38. The van der Waals surface area contributed by atoms with Gasteiger partial charge in [0.1, 0.15) is 5.78 Å². The maximum atomic E-state index is 11.9. The molecule has 1 aliphatic carbocycles. The molecule has 0 aromatic heterocycles. The largest absolute Gasteiger partial charge is 0.299 e. The number of Topliss-reactive ketones (excluding diaryl/α,β-unsaturated/α-hetero) is 1. The normalized spacial score (nSPS) is 21.1.